The van der Waals surface area contributed by atoms with E-state index in [1.54, 1.807) is 0 Å². The molecule has 1 nitrogen and oxygen atoms in total. The van der Waals surface area contributed by atoms with Gasteiger partial charge in [-0.1, -0.05) is 106 Å². The van der Waals surface area contributed by atoms with E-state index in [1.165, 1.54) is 92.0 Å². The molecule has 0 radical (unpaired) electrons. The number of rotatable bonds is 10. The van der Waals surface area contributed by atoms with Crippen LogP contribution in [0, 0.1) is 0 Å². The Hall–Kier alpha value is -2.41. The molecule has 0 amide bonds. The highest BCUT2D eigenvalue weighted by molar-refractivity contribution is 5.69. The molecule has 3 aromatic rings. The second kappa shape index (κ2) is 11.3. The van der Waals surface area contributed by atoms with Crippen molar-refractivity contribution in [3.8, 4) is 22.4 Å². The number of benzene rings is 2. The molecule has 0 unspecified atom stereocenters. The molecule has 1 heteroatoms. The minimum Gasteiger partial charge on any atom is -0.256 e. The first-order valence-electron chi connectivity index (χ1n) is 12.5. The van der Waals surface area contributed by atoms with E-state index in [9.17, 15) is 0 Å². The zero-order valence-corrected chi connectivity index (χ0v) is 19.2. The number of hydrogen-bond donors (Lipinski definition) is 0. The predicted molar refractivity (Wildman–Crippen MR) is 133 cm³/mol. The fourth-order valence-corrected chi connectivity index (χ4v) is 4.89. The van der Waals surface area contributed by atoms with Crippen molar-refractivity contribution in [3.63, 3.8) is 0 Å². The summed E-state index contributed by atoms with van der Waals surface area (Å²) < 4.78 is 0. The Labute approximate surface area is 189 Å². The van der Waals surface area contributed by atoms with Crippen LogP contribution in [0.2, 0.25) is 0 Å². The lowest BCUT2D eigenvalue weighted by molar-refractivity contribution is 0.607. The van der Waals surface area contributed by atoms with E-state index >= 15 is 0 Å². The number of unbranched alkanes of at least 4 members (excludes halogenated alkanes) is 5. The lowest BCUT2D eigenvalue weighted by atomic mass is 9.95. The highest BCUT2D eigenvalue weighted by atomic mass is 14.7. The molecule has 0 saturated heterocycles. The van der Waals surface area contributed by atoms with Gasteiger partial charge in [0.2, 0.25) is 0 Å². The van der Waals surface area contributed by atoms with Crippen LogP contribution in [0.1, 0.15) is 88.2 Å². The molecular formula is C30H37N. The number of hydrogen-bond acceptors (Lipinski definition) is 1. The number of aryl methyl sites for hydroxylation is 1. The molecular weight excluding hydrogens is 374 g/mol. The van der Waals surface area contributed by atoms with Crippen molar-refractivity contribution in [1.82, 2.24) is 4.98 Å². The van der Waals surface area contributed by atoms with E-state index < -0.39 is 0 Å². The van der Waals surface area contributed by atoms with E-state index in [0.717, 1.165) is 18.0 Å². The SMILES string of the molecule is CCCCCCCCc1ccc(-c2ccc(-c3ccc(C4CCCC4)cc3)cc2)nc1. The van der Waals surface area contributed by atoms with E-state index in [1.807, 2.05) is 0 Å². The Morgan fingerprint density at radius 1 is 0.677 bits per heavy atom. The van der Waals surface area contributed by atoms with E-state index in [0.29, 0.717) is 0 Å². The normalized spacial score (nSPS) is 14.2. The smallest absolute Gasteiger partial charge is 0.0702 e. The number of pyridine rings is 1. The molecule has 1 aliphatic carbocycles. The van der Waals surface area contributed by atoms with Crippen LogP contribution in [0.25, 0.3) is 22.4 Å². The molecule has 162 valence electrons. The Morgan fingerprint density at radius 3 is 1.94 bits per heavy atom. The van der Waals surface area contributed by atoms with E-state index in [-0.39, 0.29) is 0 Å². The van der Waals surface area contributed by atoms with Crippen molar-refractivity contribution in [2.75, 3.05) is 0 Å². The van der Waals surface area contributed by atoms with Crippen LogP contribution in [-0.4, -0.2) is 4.98 Å². The van der Waals surface area contributed by atoms with Gasteiger partial charge in [-0.2, -0.15) is 0 Å². The first-order valence-corrected chi connectivity index (χ1v) is 12.5. The van der Waals surface area contributed by atoms with Crippen molar-refractivity contribution in [2.24, 2.45) is 0 Å². The van der Waals surface area contributed by atoms with Crippen molar-refractivity contribution >= 4 is 0 Å². The fraction of sp³-hybridized carbons (Fsp3) is 0.433. The Morgan fingerprint density at radius 2 is 1.29 bits per heavy atom. The average Bonchev–Trinajstić information content (AvgIpc) is 3.37. The summed E-state index contributed by atoms with van der Waals surface area (Å²) in [4.78, 5) is 4.74. The minimum atomic E-state index is 0.784. The quantitative estimate of drug-likeness (QED) is 0.303. The lowest BCUT2D eigenvalue weighted by Crippen LogP contribution is -1.91. The van der Waals surface area contributed by atoms with Crippen LogP contribution in [0.5, 0.6) is 0 Å². The van der Waals surface area contributed by atoms with Gasteiger partial charge >= 0.3 is 0 Å². The highest BCUT2D eigenvalue weighted by Crippen LogP contribution is 2.35. The van der Waals surface area contributed by atoms with Gasteiger partial charge in [0.1, 0.15) is 0 Å². The van der Waals surface area contributed by atoms with Crippen LogP contribution in [0.3, 0.4) is 0 Å². The molecule has 2 aromatic carbocycles. The van der Waals surface area contributed by atoms with Crippen molar-refractivity contribution < 1.29 is 0 Å². The van der Waals surface area contributed by atoms with Crippen LogP contribution >= 0.6 is 0 Å². The Bertz CT molecular complexity index is 900. The van der Waals surface area contributed by atoms with Gasteiger partial charge in [-0.15, -0.1) is 0 Å². The highest BCUT2D eigenvalue weighted by Gasteiger charge is 2.16. The standard InChI is InChI=1S/C30H37N/c1-2-3-4-5-6-7-10-24-13-22-30(31-23-24)29-20-18-28(19-21-29)27-16-14-26(15-17-27)25-11-8-9-12-25/h13-23,25H,2-12H2,1H3. The third kappa shape index (κ3) is 6.06. The summed E-state index contributed by atoms with van der Waals surface area (Å²) in [6.07, 6.45) is 16.8. The lowest BCUT2D eigenvalue weighted by Gasteiger charge is -2.11. The van der Waals surface area contributed by atoms with Gasteiger partial charge < -0.3 is 0 Å². The molecule has 4 rings (SSSR count). The number of aromatic nitrogens is 1. The summed E-state index contributed by atoms with van der Waals surface area (Å²) in [5.41, 5.74) is 7.71. The van der Waals surface area contributed by atoms with Crippen LogP contribution in [-0.2, 0) is 6.42 Å². The molecule has 0 atom stereocenters. The first-order chi connectivity index (χ1) is 15.3. The van der Waals surface area contributed by atoms with E-state index in [2.05, 4.69) is 73.8 Å². The third-order valence-corrected chi connectivity index (χ3v) is 6.90. The summed E-state index contributed by atoms with van der Waals surface area (Å²) in [7, 11) is 0. The van der Waals surface area contributed by atoms with Gasteiger partial charge in [-0.25, -0.2) is 0 Å². The summed E-state index contributed by atoms with van der Waals surface area (Å²) in [6.45, 7) is 2.27. The number of nitrogens with zero attached hydrogens (tertiary/aromatic N) is 1. The Kier molecular flexibility index (Phi) is 7.93. The molecule has 1 aromatic heterocycles. The van der Waals surface area contributed by atoms with E-state index in [4.69, 9.17) is 4.98 Å². The maximum Gasteiger partial charge on any atom is 0.0702 e. The molecule has 0 spiro atoms. The molecule has 1 fully saturated rings. The molecule has 1 heterocycles. The monoisotopic (exact) mass is 411 g/mol. The summed E-state index contributed by atoms with van der Waals surface area (Å²) in [5, 5.41) is 0. The van der Waals surface area contributed by atoms with Gasteiger partial charge in [0.05, 0.1) is 5.69 Å². The summed E-state index contributed by atoms with van der Waals surface area (Å²) in [6, 6.07) is 22.5. The maximum absolute atomic E-state index is 4.74. The molecule has 0 N–H and O–H groups in total. The van der Waals surface area contributed by atoms with Gasteiger partial charge in [0.25, 0.3) is 0 Å². The van der Waals surface area contributed by atoms with Crippen molar-refractivity contribution in [2.45, 2.75) is 83.5 Å². The van der Waals surface area contributed by atoms with Gasteiger partial charge in [-0.05, 0) is 59.9 Å². The molecule has 1 aliphatic rings. The van der Waals surface area contributed by atoms with Crippen molar-refractivity contribution in [3.05, 3.63) is 78.0 Å². The summed E-state index contributed by atoms with van der Waals surface area (Å²) in [5.74, 6) is 0.784. The summed E-state index contributed by atoms with van der Waals surface area (Å²) >= 11 is 0. The molecule has 31 heavy (non-hydrogen) atoms. The van der Waals surface area contributed by atoms with Gasteiger partial charge in [-0.3, -0.25) is 4.98 Å². The molecule has 0 bridgehead atoms. The van der Waals surface area contributed by atoms with Crippen LogP contribution in [0.4, 0.5) is 0 Å². The first kappa shape index (κ1) is 21.8. The topological polar surface area (TPSA) is 12.9 Å². The zero-order valence-electron chi connectivity index (χ0n) is 19.2. The Balaban J connectivity index is 1.32. The fourth-order valence-electron chi connectivity index (χ4n) is 4.89. The van der Waals surface area contributed by atoms with Crippen LogP contribution in [0.15, 0.2) is 66.9 Å². The second-order valence-electron chi connectivity index (χ2n) is 9.25. The van der Waals surface area contributed by atoms with Gasteiger partial charge in [0.15, 0.2) is 0 Å². The second-order valence-corrected chi connectivity index (χ2v) is 9.25. The largest absolute Gasteiger partial charge is 0.256 e. The van der Waals surface area contributed by atoms with Crippen LogP contribution < -0.4 is 0 Å². The third-order valence-electron chi connectivity index (χ3n) is 6.90. The predicted octanol–water partition coefficient (Wildman–Crippen LogP) is 8.98. The minimum absolute atomic E-state index is 0.784. The average molecular weight is 412 g/mol. The zero-order chi connectivity index (χ0) is 21.3. The van der Waals surface area contributed by atoms with Gasteiger partial charge in [0, 0.05) is 11.8 Å². The molecule has 0 aliphatic heterocycles. The van der Waals surface area contributed by atoms with Crippen molar-refractivity contribution in [1.29, 1.82) is 0 Å². The molecule has 1 saturated carbocycles. The maximum atomic E-state index is 4.74.